The van der Waals surface area contributed by atoms with Crippen molar-refractivity contribution in [3.8, 4) is 11.5 Å². The zero-order chi connectivity index (χ0) is 27.1. The Bertz CT molecular complexity index is 1350. The molecule has 3 amide bonds. The predicted molar refractivity (Wildman–Crippen MR) is 148 cm³/mol. The second kappa shape index (κ2) is 12.3. The van der Waals surface area contributed by atoms with Crippen molar-refractivity contribution in [3.63, 3.8) is 0 Å². The summed E-state index contributed by atoms with van der Waals surface area (Å²) < 4.78 is 11.2. The van der Waals surface area contributed by atoms with E-state index >= 15 is 0 Å². The van der Waals surface area contributed by atoms with Gasteiger partial charge in [-0.2, -0.15) is 0 Å². The van der Waals surface area contributed by atoms with Crippen LogP contribution >= 0.6 is 11.6 Å². The number of anilines is 3. The summed E-state index contributed by atoms with van der Waals surface area (Å²) in [5, 5.41) is 5.57. The second-order valence-corrected chi connectivity index (χ2v) is 8.79. The Morgan fingerprint density at radius 3 is 2.29 bits per heavy atom. The van der Waals surface area contributed by atoms with Gasteiger partial charge < -0.3 is 20.1 Å². The van der Waals surface area contributed by atoms with Crippen LogP contribution in [-0.4, -0.2) is 30.9 Å². The third-order valence-electron chi connectivity index (χ3n) is 5.74. The first-order valence-electron chi connectivity index (χ1n) is 12.3. The molecule has 0 aliphatic carbocycles. The Morgan fingerprint density at radius 2 is 1.61 bits per heavy atom. The van der Waals surface area contributed by atoms with Crippen LogP contribution in [0.3, 0.4) is 0 Å². The van der Waals surface area contributed by atoms with Crippen molar-refractivity contribution in [1.82, 2.24) is 0 Å². The average Bonchev–Trinajstić information content (AvgIpc) is 3.13. The van der Waals surface area contributed by atoms with Gasteiger partial charge in [-0.3, -0.25) is 14.4 Å². The molecule has 0 bridgehead atoms. The molecule has 0 saturated heterocycles. The first-order valence-corrected chi connectivity index (χ1v) is 12.7. The Morgan fingerprint density at radius 1 is 0.895 bits per heavy atom. The number of ether oxygens (including phenoxy) is 2. The first kappa shape index (κ1) is 26.8. The quantitative estimate of drug-likeness (QED) is 0.233. The van der Waals surface area contributed by atoms with E-state index in [0.29, 0.717) is 47.3 Å². The van der Waals surface area contributed by atoms with Crippen molar-refractivity contribution >= 4 is 46.4 Å². The van der Waals surface area contributed by atoms with Crippen molar-refractivity contribution in [2.24, 2.45) is 0 Å². The number of nitrogens with one attached hydrogen (secondary N) is 2. The highest BCUT2D eigenvalue weighted by atomic mass is 35.5. The monoisotopic (exact) mass is 533 g/mol. The molecule has 2 N–H and O–H groups in total. The van der Waals surface area contributed by atoms with Gasteiger partial charge in [0.1, 0.15) is 22.2 Å². The molecule has 3 aromatic carbocycles. The molecule has 0 spiro atoms. The highest BCUT2D eigenvalue weighted by Gasteiger charge is 2.39. The number of amides is 3. The largest absolute Gasteiger partial charge is 0.494 e. The molecule has 0 atom stereocenters. The summed E-state index contributed by atoms with van der Waals surface area (Å²) >= 11 is 6.24. The van der Waals surface area contributed by atoms with Crippen LogP contribution in [0.15, 0.2) is 83.5 Å². The van der Waals surface area contributed by atoms with E-state index in [9.17, 15) is 14.4 Å². The Labute approximate surface area is 226 Å². The standard InChI is InChI=1S/C29H28ClN3O5/c1-3-5-18-38-24-9-7-6-8-23(24)32-27(34)19-10-12-20(13-11-19)31-26-25(30)28(35)33(29(26)36)21-14-16-22(17-15-21)37-4-2/h6-17,31H,3-5,18H2,1-2H3,(H,32,34). The topological polar surface area (TPSA) is 97.0 Å². The van der Waals surface area contributed by atoms with E-state index in [-0.39, 0.29) is 16.6 Å². The van der Waals surface area contributed by atoms with Crippen LogP contribution in [0.4, 0.5) is 17.1 Å². The summed E-state index contributed by atoms with van der Waals surface area (Å²) in [7, 11) is 0. The molecule has 4 rings (SSSR count). The molecule has 0 saturated carbocycles. The lowest BCUT2D eigenvalue weighted by Crippen LogP contribution is -2.32. The molecule has 0 aromatic heterocycles. The molecule has 0 unspecified atom stereocenters. The summed E-state index contributed by atoms with van der Waals surface area (Å²) in [5.74, 6) is -0.279. The maximum atomic E-state index is 13.0. The van der Waals surface area contributed by atoms with Crippen LogP contribution in [0.5, 0.6) is 11.5 Å². The van der Waals surface area contributed by atoms with Crippen LogP contribution in [0.1, 0.15) is 37.0 Å². The molecule has 8 nitrogen and oxygen atoms in total. The molecule has 0 radical (unpaired) electrons. The lowest BCUT2D eigenvalue weighted by atomic mass is 10.1. The number of unbranched alkanes of at least 4 members (excludes halogenated alkanes) is 1. The zero-order valence-electron chi connectivity index (χ0n) is 21.1. The fourth-order valence-electron chi connectivity index (χ4n) is 3.77. The fourth-order valence-corrected chi connectivity index (χ4v) is 3.98. The molecule has 0 fully saturated rings. The van der Waals surface area contributed by atoms with Gasteiger partial charge in [-0.25, -0.2) is 4.90 Å². The van der Waals surface area contributed by atoms with Gasteiger partial charge in [0, 0.05) is 11.3 Å². The normalized spacial score (nSPS) is 13.1. The fraction of sp³-hybridized carbons (Fsp3) is 0.207. The van der Waals surface area contributed by atoms with Crippen molar-refractivity contribution in [2.45, 2.75) is 26.7 Å². The van der Waals surface area contributed by atoms with Crippen molar-refractivity contribution in [2.75, 3.05) is 28.7 Å². The third kappa shape index (κ3) is 5.98. The van der Waals surface area contributed by atoms with E-state index in [0.717, 1.165) is 17.7 Å². The van der Waals surface area contributed by atoms with E-state index in [1.165, 1.54) is 0 Å². The van der Waals surface area contributed by atoms with Crippen LogP contribution in [-0.2, 0) is 9.59 Å². The molecule has 1 heterocycles. The van der Waals surface area contributed by atoms with E-state index in [1.54, 1.807) is 54.6 Å². The summed E-state index contributed by atoms with van der Waals surface area (Å²) in [4.78, 5) is 39.6. The summed E-state index contributed by atoms with van der Waals surface area (Å²) in [6.07, 6.45) is 1.93. The molecular weight excluding hydrogens is 506 g/mol. The van der Waals surface area contributed by atoms with Crippen LogP contribution < -0.4 is 25.0 Å². The minimum Gasteiger partial charge on any atom is -0.494 e. The summed E-state index contributed by atoms with van der Waals surface area (Å²) in [6.45, 7) is 5.02. The van der Waals surface area contributed by atoms with Crippen molar-refractivity contribution in [1.29, 1.82) is 0 Å². The smallest absolute Gasteiger partial charge is 0.283 e. The van der Waals surface area contributed by atoms with Crippen molar-refractivity contribution < 1.29 is 23.9 Å². The van der Waals surface area contributed by atoms with Crippen molar-refractivity contribution in [3.05, 3.63) is 89.1 Å². The van der Waals surface area contributed by atoms with Gasteiger partial charge in [-0.15, -0.1) is 0 Å². The van der Waals surface area contributed by atoms with Gasteiger partial charge in [0.2, 0.25) is 0 Å². The molecular formula is C29H28ClN3O5. The molecule has 9 heteroatoms. The van der Waals surface area contributed by atoms with Gasteiger partial charge >= 0.3 is 0 Å². The predicted octanol–water partition coefficient (Wildman–Crippen LogP) is 5.95. The van der Waals surface area contributed by atoms with Crippen LogP contribution in [0, 0.1) is 0 Å². The molecule has 3 aromatic rings. The van der Waals surface area contributed by atoms with E-state index < -0.39 is 11.8 Å². The molecule has 38 heavy (non-hydrogen) atoms. The van der Waals surface area contributed by atoms with Gasteiger partial charge in [0.05, 0.1) is 24.6 Å². The number of carbonyl (C=O) groups is 3. The van der Waals surface area contributed by atoms with Gasteiger partial charge in [0.25, 0.3) is 17.7 Å². The summed E-state index contributed by atoms with van der Waals surface area (Å²) in [6, 6.07) is 20.3. The van der Waals surface area contributed by atoms with Gasteiger partial charge in [-0.05, 0) is 74.0 Å². The van der Waals surface area contributed by atoms with Gasteiger partial charge in [-0.1, -0.05) is 37.1 Å². The highest BCUT2D eigenvalue weighted by Crippen LogP contribution is 2.31. The second-order valence-electron chi connectivity index (χ2n) is 8.42. The number of para-hydroxylation sites is 2. The number of rotatable bonds is 11. The van der Waals surface area contributed by atoms with Gasteiger partial charge in [0.15, 0.2) is 0 Å². The Balaban J connectivity index is 1.43. The van der Waals surface area contributed by atoms with Crippen LogP contribution in [0.2, 0.25) is 0 Å². The lowest BCUT2D eigenvalue weighted by Gasteiger charge is -2.16. The molecule has 1 aliphatic rings. The minimum atomic E-state index is -0.626. The third-order valence-corrected chi connectivity index (χ3v) is 6.09. The SMILES string of the molecule is CCCCOc1ccccc1NC(=O)c1ccc(NC2=C(Cl)C(=O)N(c3ccc(OCC)cc3)C2=O)cc1. The maximum absolute atomic E-state index is 13.0. The molecule has 1 aliphatic heterocycles. The number of carbonyl (C=O) groups excluding carboxylic acids is 3. The first-order chi connectivity index (χ1) is 18.4. The summed E-state index contributed by atoms with van der Waals surface area (Å²) in [5.41, 5.74) is 1.82. The molecule has 196 valence electrons. The Hall–Kier alpha value is -4.30. The van der Waals surface area contributed by atoms with E-state index in [2.05, 4.69) is 17.6 Å². The number of benzene rings is 3. The van der Waals surface area contributed by atoms with E-state index in [4.69, 9.17) is 21.1 Å². The number of hydrogen-bond acceptors (Lipinski definition) is 6. The number of halogens is 1. The Kier molecular flexibility index (Phi) is 8.66. The zero-order valence-corrected chi connectivity index (χ0v) is 21.9. The average molecular weight is 534 g/mol. The number of imide groups is 1. The minimum absolute atomic E-state index is 0.0408. The van der Waals surface area contributed by atoms with E-state index in [1.807, 2.05) is 25.1 Å². The maximum Gasteiger partial charge on any atom is 0.283 e. The number of hydrogen-bond donors (Lipinski definition) is 2. The van der Waals surface area contributed by atoms with Crippen LogP contribution in [0.25, 0.3) is 0 Å². The lowest BCUT2D eigenvalue weighted by molar-refractivity contribution is -0.120. The highest BCUT2D eigenvalue weighted by molar-refractivity contribution is 6.53. The number of nitrogens with zero attached hydrogens (tertiary/aromatic N) is 1.